The number of nitrogen functional groups attached to an aromatic ring is 1. The molecule has 0 saturated heterocycles. The fourth-order valence-electron chi connectivity index (χ4n) is 3.50. The molecule has 1 aromatic carbocycles. The minimum absolute atomic E-state index is 0.00329. The summed E-state index contributed by atoms with van der Waals surface area (Å²) in [6.45, 7) is 9.31. The number of hydrogen-bond donors (Lipinski definition) is 3. The maximum absolute atomic E-state index is 12.6. The van der Waals surface area contributed by atoms with Crippen molar-refractivity contribution in [1.82, 2.24) is 14.9 Å². The molecule has 0 saturated carbocycles. The number of aromatic amines is 1. The second kappa shape index (κ2) is 11.4. The van der Waals surface area contributed by atoms with Gasteiger partial charge in [-0.15, -0.1) is 0 Å². The molecule has 1 amide bonds. The molecule has 0 atom stereocenters. The van der Waals surface area contributed by atoms with Crippen LogP contribution in [0, 0.1) is 11.8 Å². The van der Waals surface area contributed by atoms with Gasteiger partial charge in [0.25, 0.3) is 5.56 Å². The molecule has 0 aliphatic carbocycles. The smallest absolute Gasteiger partial charge is 0.330 e. The highest BCUT2D eigenvalue weighted by molar-refractivity contribution is 5.82. The summed E-state index contributed by atoms with van der Waals surface area (Å²) < 4.78 is 1.37. The Morgan fingerprint density at radius 1 is 1.13 bits per heavy atom. The average molecular weight is 430 g/mol. The molecule has 1 heterocycles. The van der Waals surface area contributed by atoms with Gasteiger partial charge in [0.2, 0.25) is 5.91 Å². The normalized spacial score (nSPS) is 11.2. The Kier molecular flexibility index (Phi) is 8.90. The maximum atomic E-state index is 12.6. The van der Waals surface area contributed by atoms with Gasteiger partial charge in [-0.1, -0.05) is 58.0 Å². The Morgan fingerprint density at radius 3 is 2.42 bits per heavy atom. The Hall–Kier alpha value is -3.03. The van der Waals surface area contributed by atoms with Crippen molar-refractivity contribution in [3.8, 4) is 0 Å². The van der Waals surface area contributed by atoms with Gasteiger partial charge >= 0.3 is 5.69 Å². The molecule has 0 fully saturated rings. The van der Waals surface area contributed by atoms with Gasteiger partial charge in [0, 0.05) is 19.6 Å². The molecule has 1 aromatic heterocycles. The molecule has 8 nitrogen and oxygen atoms in total. The van der Waals surface area contributed by atoms with Gasteiger partial charge in [0.05, 0.1) is 6.54 Å². The molecule has 0 radical (unpaired) electrons. The molecule has 0 spiro atoms. The third kappa shape index (κ3) is 7.31. The predicted octanol–water partition coefficient (Wildman–Crippen LogP) is 1.99. The minimum atomic E-state index is -0.569. The number of aromatic nitrogens is 2. The van der Waals surface area contributed by atoms with Crippen LogP contribution in [0.1, 0.15) is 39.7 Å². The zero-order valence-corrected chi connectivity index (χ0v) is 19.0. The van der Waals surface area contributed by atoms with E-state index >= 15 is 0 Å². The van der Waals surface area contributed by atoms with E-state index in [1.807, 2.05) is 45.9 Å². The summed E-state index contributed by atoms with van der Waals surface area (Å²) in [5, 5.41) is 2.92. The van der Waals surface area contributed by atoms with Gasteiger partial charge < -0.3 is 16.0 Å². The number of nitrogens with one attached hydrogen (secondary N) is 2. The lowest BCUT2D eigenvalue weighted by molar-refractivity contribution is -0.119. The molecule has 31 heavy (non-hydrogen) atoms. The molecule has 2 aromatic rings. The third-order valence-corrected chi connectivity index (χ3v) is 4.81. The van der Waals surface area contributed by atoms with E-state index in [0.717, 1.165) is 12.8 Å². The fourth-order valence-corrected chi connectivity index (χ4v) is 3.50. The molecule has 170 valence electrons. The van der Waals surface area contributed by atoms with Crippen LogP contribution in [0.4, 0.5) is 11.5 Å². The first-order valence-electron chi connectivity index (χ1n) is 10.9. The second-order valence-electron chi connectivity index (χ2n) is 8.71. The lowest BCUT2D eigenvalue weighted by Gasteiger charge is -2.27. The first-order chi connectivity index (χ1) is 14.7. The predicted molar refractivity (Wildman–Crippen MR) is 125 cm³/mol. The van der Waals surface area contributed by atoms with E-state index in [-0.39, 0.29) is 35.8 Å². The van der Waals surface area contributed by atoms with Gasteiger partial charge in [-0.25, -0.2) is 4.79 Å². The van der Waals surface area contributed by atoms with Crippen molar-refractivity contribution < 1.29 is 4.79 Å². The van der Waals surface area contributed by atoms with Crippen LogP contribution in [-0.2, 0) is 17.8 Å². The summed E-state index contributed by atoms with van der Waals surface area (Å²) in [5.41, 5.74) is 6.54. The van der Waals surface area contributed by atoms with Crippen molar-refractivity contribution in [1.29, 1.82) is 0 Å². The van der Waals surface area contributed by atoms with Gasteiger partial charge in [0.1, 0.15) is 11.5 Å². The van der Waals surface area contributed by atoms with Crippen LogP contribution in [0.5, 0.6) is 0 Å². The summed E-state index contributed by atoms with van der Waals surface area (Å²) in [6.07, 6.45) is 1.70. The summed E-state index contributed by atoms with van der Waals surface area (Å²) in [7, 11) is 0. The number of rotatable bonds is 11. The van der Waals surface area contributed by atoms with E-state index < -0.39 is 11.2 Å². The number of anilines is 2. The van der Waals surface area contributed by atoms with Gasteiger partial charge in [-0.05, 0) is 30.2 Å². The van der Waals surface area contributed by atoms with Crippen LogP contribution in [0.2, 0.25) is 0 Å². The average Bonchev–Trinajstić information content (AvgIpc) is 2.68. The third-order valence-electron chi connectivity index (χ3n) is 4.81. The summed E-state index contributed by atoms with van der Waals surface area (Å²) in [4.78, 5) is 41.5. The van der Waals surface area contributed by atoms with Crippen molar-refractivity contribution in [3.05, 3.63) is 56.7 Å². The fraction of sp³-hybridized carbons (Fsp3) is 0.522. The Labute approximate surface area is 183 Å². The van der Waals surface area contributed by atoms with E-state index in [1.54, 1.807) is 4.90 Å². The van der Waals surface area contributed by atoms with Crippen LogP contribution in [0.3, 0.4) is 0 Å². The summed E-state index contributed by atoms with van der Waals surface area (Å²) in [5.74, 6) is 0.273. The van der Waals surface area contributed by atoms with Crippen molar-refractivity contribution in [2.45, 2.75) is 47.1 Å². The highest BCUT2D eigenvalue weighted by atomic mass is 16.2. The van der Waals surface area contributed by atoms with E-state index in [1.165, 1.54) is 10.1 Å². The Balaban J connectivity index is 2.12. The maximum Gasteiger partial charge on any atom is 0.330 e. The van der Waals surface area contributed by atoms with Crippen LogP contribution in [-0.4, -0.2) is 35.1 Å². The summed E-state index contributed by atoms with van der Waals surface area (Å²) in [6, 6.07) is 10.1. The van der Waals surface area contributed by atoms with E-state index in [4.69, 9.17) is 5.73 Å². The molecule has 2 rings (SSSR count). The van der Waals surface area contributed by atoms with E-state index in [9.17, 15) is 14.4 Å². The van der Waals surface area contributed by atoms with E-state index in [0.29, 0.717) is 19.6 Å². The number of nitrogens with two attached hydrogens (primary N) is 1. The number of carbonyl (C=O) groups excluding carboxylic acids is 1. The molecule has 0 unspecified atom stereocenters. The van der Waals surface area contributed by atoms with Gasteiger partial charge in [-0.2, -0.15) is 0 Å². The topological polar surface area (TPSA) is 113 Å². The molecule has 4 N–H and O–H groups in total. The molecular formula is C23H35N5O3. The van der Waals surface area contributed by atoms with Crippen molar-refractivity contribution >= 4 is 17.4 Å². The number of nitrogens with zero attached hydrogens (tertiary/aromatic N) is 2. The van der Waals surface area contributed by atoms with Crippen molar-refractivity contribution in [3.63, 3.8) is 0 Å². The first kappa shape index (κ1) is 24.2. The van der Waals surface area contributed by atoms with Crippen LogP contribution in [0.15, 0.2) is 39.9 Å². The standard InChI is InChI=1S/C23H35N5O3/c1-16(2)13-27(15-19(29)25-12-8-11-18-9-6-5-7-10-18)20-21(24)28(14-17(3)4)23(31)26-22(20)30/h5-7,9-10,16-17H,8,11-15,24H2,1-4H3,(H,25,29)(H,26,30,31). The number of H-pyrrole nitrogens is 1. The highest BCUT2D eigenvalue weighted by Gasteiger charge is 2.22. The molecule has 0 bridgehead atoms. The van der Waals surface area contributed by atoms with Gasteiger partial charge in [0.15, 0.2) is 0 Å². The lowest BCUT2D eigenvalue weighted by Crippen LogP contribution is -2.44. The zero-order chi connectivity index (χ0) is 23.0. The number of aryl methyl sites for hydroxylation is 1. The van der Waals surface area contributed by atoms with Crippen LogP contribution in [0.25, 0.3) is 0 Å². The molecule has 0 aliphatic heterocycles. The van der Waals surface area contributed by atoms with Crippen molar-refractivity contribution in [2.24, 2.45) is 11.8 Å². The monoisotopic (exact) mass is 429 g/mol. The lowest BCUT2D eigenvalue weighted by atomic mass is 10.1. The number of carbonyl (C=O) groups is 1. The molecule has 8 heteroatoms. The van der Waals surface area contributed by atoms with Gasteiger partial charge in [-0.3, -0.25) is 19.1 Å². The number of amides is 1. The second-order valence-corrected chi connectivity index (χ2v) is 8.71. The zero-order valence-electron chi connectivity index (χ0n) is 19.0. The molecule has 0 aliphatic rings. The SMILES string of the molecule is CC(C)CN(CC(=O)NCCCc1ccccc1)c1c(N)n(CC(C)C)c(=O)[nH]c1=O. The van der Waals surface area contributed by atoms with Crippen LogP contribution >= 0.6 is 0 Å². The highest BCUT2D eigenvalue weighted by Crippen LogP contribution is 2.18. The Bertz CT molecular complexity index is 963. The first-order valence-corrected chi connectivity index (χ1v) is 10.9. The molecular weight excluding hydrogens is 394 g/mol. The largest absolute Gasteiger partial charge is 0.383 e. The Morgan fingerprint density at radius 2 is 1.81 bits per heavy atom. The van der Waals surface area contributed by atoms with Crippen molar-refractivity contribution in [2.75, 3.05) is 30.3 Å². The summed E-state index contributed by atoms with van der Waals surface area (Å²) >= 11 is 0. The van der Waals surface area contributed by atoms with Crippen LogP contribution < -0.4 is 27.2 Å². The van der Waals surface area contributed by atoms with E-state index in [2.05, 4.69) is 22.4 Å². The number of hydrogen-bond acceptors (Lipinski definition) is 5. The quantitative estimate of drug-likeness (QED) is 0.473. The number of benzene rings is 1. The minimum Gasteiger partial charge on any atom is -0.383 e.